The number of nitro benzene ring substituents is 1. The summed E-state index contributed by atoms with van der Waals surface area (Å²) in [6, 6.07) is 11.8. The molecule has 0 atom stereocenters. The van der Waals surface area contributed by atoms with Crippen LogP contribution in [-0.4, -0.2) is 10.8 Å². The molecule has 22 heavy (non-hydrogen) atoms. The van der Waals surface area contributed by atoms with E-state index in [1.54, 1.807) is 18.2 Å². The fourth-order valence-corrected chi connectivity index (χ4v) is 2.28. The van der Waals surface area contributed by atoms with Gasteiger partial charge < -0.3 is 5.32 Å². The van der Waals surface area contributed by atoms with Crippen molar-refractivity contribution in [2.75, 3.05) is 5.32 Å². The molecule has 0 heterocycles. The molecule has 0 saturated carbocycles. The van der Waals surface area contributed by atoms with Crippen LogP contribution < -0.4 is 5.32 Å². The van der Waals surface area contributed by atoms with Crippen LogP contribution in [0, 0.1) is 20.6 Å². The molecule has 2 aromatic rings. The van der Waals surface area contributed by atoms with E-state index in [1.807, 2.05) is 25.1 Å². The summed E-state index contributed by atoms with van der Waals surface area (Å²) in [6.07, 6.45) is 2.90. The van der Waals surface area contributed by atoms with Crippen molar-refractivity contribution in [3.63, 3.8) is 0 Å². The SMILES string of the molecule is Cc1ccc(NC(=O)/C=C/c2cccc([N+](=O)[O-])c2)cc1I. The van der Waals surface area contributed by atoms with E-state index >= 15 is 0 Å². The van der Waals surface area contributed by atoms with Crippen LogP contribution in [0.4, 0.5) is 11.4 Å². The Morgan fingerprint density at radius 3 is 2.73 bits per heavy atom. The monoisotopic (exact) mass is 408 g/mol. The van der Waals surface area contributed by atoms with E-state index in [4.69, 9.17) is 0 Å². The summed E-state index contributed by atoms with van der Waals surface area (Å²) in [7, 11) is 0. The van der Waals surface area contributed by atoms with Crippen LogP contribution in [0.2, 0.25) is 0 Å². The Labute approximate surface area is 141 Å². The van der Waals surface area contributed by atoms with Crippen LogP contribution in [-0.2, 0) is 4.79 Å². The average Bonchev–Trinajstić information content (AvgIpc) is 2.49. The normalized spacial score (nSPS) is 10.6. The zero-order valence-corrected chi connectivity index (χ0v) is 13.9. The Morgan fingerprint density at radius 2 is 2.05 bits per heavy atom. The molecule has 1 N–H and O–H groups in total. The molecule has 0 aliphatic heterocycles. The lowest BCUT2D eigenvalue weighted by Gasteiger charge is -2.04. The van der Waals surface area contributed by atoms with Gasteiger partial charge in [0.05, 0.1) is 4.92 Å². The number of anilines is 1. The zero-order valence-electron chi connectivity index (χ0n) is 11.7. The third-order valence-corrected chi connectivity index (χ3v) is 4.11. The Kier molecular flexibility index (Phi) is 5.26. The first-order valence-electron chi connectivity index (χ1n) is 6.45. The maximum atomic E-state index is 11.9. The highest BCUT2D eigenvalue weighted by atomic mass is 127. The number of hydrogen-bond donors (Lipinski definition) is 1. The van der Waals surface area contributed by atoms with Crippen molar-refractivity contribution in [3.8, 4) is 0 Å². The number of nitrogens with zero attached hydrogens (tertiary/aromatic N) is 1. The van der Waals surface area contributed by atoms with Gasteiger partial charge in [0.1, 0.15) is 0 Å². The molecule has 0 aliphatic rings. The minimum absolute atomic E-state index is 0.00403. The average molecular weight is 408 g/mol. The van der Waals surface area contributed by atoms with E-state index in [2.05, 4.69) is 27.9 Å². The van der Waals surface area contributed by atoms with Crippen LogP contribution in [0.3, 0.4) is 0 Å². The van der Waals surface area contributed by atoms with Crippen molar-refractivity contribution >= 4 is 45.9 Å². The van der Waals surface area contributed by atoms with Gasteiger partial charge in [-0.25, -0.2) is 0 Å². The van der Waals surface area contributed by atoms with Gasteiger partial charge in [-0.05, 0) is 58.9 Å². The molecule has 0 fully saturated rings. The second-order valence-corrected chi connectivity index (χ2v) is 5.80. The third kappa shape index (κ3) is 4.39. The number of aryl methyl sites for hydroxylation is 1. The third-order valence-electron chi connectivity index (χ3n) is 2.95. The number of carbonyl (C=O) groups excluding carboxylic acids is 1. The Bertz CT molecular complexity index is 757. The molecule has 0 spiro atoms. The number of non-ortho nitro benzene ring substituents is 1. The van der Waals surface area contributed by atoms with Gasteiger partial charge in [-0.3, -0.25) is 14.9 Å². The standard InChI is InChI=1S/C16H13IN2O3/c1-11-5-7-13(10-15(11)17)18-16(20)8-6-12-3-2-4-14(9-12)19(21)22/h2-10H,1H3,(H,18,20)/b8-6+. The fourth-order valence-electron chi connectivity index (χ4n) is 1.77. The van der Waals surface area contributed by atoms with Crippen molar-refractivity contribution in [3.05, 3.63) is 73.4 Å². The van der Waals surface area contributed by atoms with Gasteiger partial charge in [0, 0.05) is 27.5 Å². The number of nitro groups is 1. The second-order valence-electron chi connectivity index (χ2n) is 4.64. The lowest BCUT2D eigenvalue weighted by Crippen LogP contribution is -2.07. The Balaban J connectivity index is 2.06. The van der Waals surface area contributed by atoms with Crippen LogP contribution in [0.1, 0.15) is 11.1 Å². The number of benzene rings is 2. The predicted octanol–water partition coefficient (Wildman–Crippen LogP) is 4.16. The molecule has 2 aromatic carbocycles. The van der Waals surface area contributed by atoms with Gasteiger partial charge in [-0.2, -0.15) is 0 Å². The molecule has 0 bridgehead atoms. The molecular formula is C16H13IN2O3. The van der Waals surface area contributed by atoms with Crippen molar-refractivity contribution in [2.24, 2.45) is 0 Å². The van der Waals surface area contributed by atoms with Crippen LogP contribution in [0.15, 0.2) is 48.5 Å². The highest BCUT2D eigenvalue weighted by molar-refractivity contribution is 14.1. The first-order valence-corrected chi connectivity index (χ1v) is 7.53. The molecular weight excluding hydrogens is 395 g/mol. The maximum absolute atomic E-state index is 11.9. The van der Waals surface area contributed by atoms with Gasteiger partial charge in [0.25, 0.3) is 5.69 Å². The fraction of sp³-hybridized carbons (Fsp3) is 0.0625. The number of amides is 1. The highest BCUT2D eigenvalue weighted by Gasteiger charge is 2.04. The van der Waals surface area contributed by atoms with Crippen LogP contribution in [0.5, 0.6) is 0 Å². The first kappa shape index (κ1) is 16.2. The number of nitrogens with one attached hydrogen (secondary N) is 1. The summed E-state index contributed by atoms with van der Waals surface area (Å²) in [5.74, 6) is -0.286. The summed E-state index contributed by atoms with van der Waals surface area (Å²) in [5, 5.41) is 13.4. The Morgan fingerprint density at radius 1 is 1.27 bits per heavy atom. The molecule has 2 rings (SSSR count). The lowest BCUT2D eigenvalue weighted by molar-refractivity contribution is -0.384. The van der Waals surface area contributed by atoms with Crippen LogP contribution >= 0.6 is 22.6 Å². The maximum Gasteiger partial charge on any atom is 0.270 e. The van der Waals surface area contributed by atoms with Crippen molar-refractivity contribution < 1.29 is 9.72 Å². The zero-order chi connectivity index (χ0) is 16.1. The molecule has 0 aromatic heterocycles. The van der Waals surface area contributed by atoms with E-state index in [0.717, 1.165) is 9.13 Å². The minimum Gasteiger partial charge on any atom is -0.322 e. The molecule has 0 radical (unpaired) electrons. The molecule has 0 aliphatic carbocycles. The van der Waals surface area contributed by atoms with Gasteiger partial charge in [0.15, 0.2) is 0 Å². The van der Waals surface area contributed by atoms with Gasteiger partial charge in [-0.15, -0.1) is 0 Å². The summed E-state index contributed by atoms with van der Waals surface area (Å²) in [5.41, 5.74) is 2.45. The molecule has 1 amide bonds. The molecule has 0 unspecified atom stereocenters. The van der Waals surface area contributed by atoms with E-state index in [9.17, 15) is 14.9 Å². The Hall–Kier alpha value is -2.22. The smallest absolute Gasteiger partial charge is 0.270 e. The highest BCUT2D eigenvalue weighted by Crippen LogP contribution is 2.17. The van der Waals surface area contributed by atoms with Gasteiger partial charge >= 0.3 is 0 Å². The molecule has 5 nitrogen and oxygen atoms in total. The first-order chi connectivity index (χ1) is 10.5. The summed E-state index contributed by atoms with van der Waals surface area (Å²) < 4.78 is 1.07. The number of halogens is 1. The van der Waals surface area contributed by atoms with Crippen molar-refractivity contribution in [2.45, 2.75) is 6.92 Å². The van der Waals surface area contributed by atoms with Gasteiger partial charge in [-0.1, -0.05) is 18.2 Å². The van der Waals surface area contributed by atoms with Crippen LogP contribution in [0.25, 0.3) is 6.08 Å². The second kappa shape index (κ2) is 7.17. The number of rotatable bonds is 4. The van der Waals surface area contributed by atoms with Crippen molar-refractivity contribution in [1.29, 1.82) is 0 Å². The number of carbonyl (C=O) groups is 1. The quantitative estimate of drug-likeness (QED) is 0.358. The summed E-state index contributed by atoms with van der Waals surface area (Å²) in [4.78, 5) is 22.1. The topological polar surface area (TPSA) is 72.2 Å². The minimum atomic E-state index is -0.467. The van der Waals surface area contributed by atoms with E-state index < -0.39 is 4.92 Å². The summed E-state index contributed by atoms with van der Waals surface area (Å²) >= 11 is 2.20. The predicted molar refractivity (Wildman–Crippen MR) is 94.7 cm³/mol. The molecule has 0 saturated heterocycles. The van der Waals surface area contributed by atoms with E-state index in [1.165, 1.54) is 18.2 Å². The van der Waals surface area contributed by atoms with Gasteiger partial charge in [0.2, 0.25) is 5.91 Å². The lowest BCUT2D eigenvalue weighted by atomic mass is 10.2. The van der Waals surface area contributed by atoms with Crippen molar-refractivity contribution in [1.82, 2.24) is 0 Å². The molecule has 112 valence electrons. The van der Waals surface area contributed by atoms with E-state index in [-0.39, 0.29) is 11.6 Å². The number of hydrogen-bond acceptors (Lipinski definition) is 3. The summed E-state index contributed by atoms with van der Waals surface area (Å²) in [6.45, 7) is 2.00. The van der Waals surface area contributed by atoms with E-state index in [0.29, 0.717) is 11.3 Å². The largest absolute Gasteiger partial charge is 0.322 e. The molecule has 6 heteroatoms.